The summed E-state index contributed by atoms with van der Waals surface area (Å²) < 4.78 is 0. The number of hydrogen-bond donors (Lipinski definition) is 3. The highest BCUT2D eigenvalue weighted by molar-refractivity contribution is 6.31. The Morgan fingerprint density at radius 2 is 1.58 bits per heavy atom. The summed E-state index contributed by atoms with van der Waals surface area (Å²) >= 11 is 6.28. The lowest BCUT2D eigenvalue weighted by Crippen LogP contribution is -2.25. The standard InChI is InChI=1S/C19H21ClN6/c1-12(15-10-6-7-11-16(15)20)22-13(2)17-24-18(21)26-19(25-17)23-14-8-4-3-5-9-14/h3-13,22H,1-2H3,(H3,21,23,24,25,26)/t12-,13+/m0/s1. The number of anilines is 3. The topological polar surface area (TPSA) is 88.8 Å². The fraction of sp³-hybridized carbons (Fsp3) is 0.211. The average molecular weight is 369 g/mol. The van der Waals surface area contributed by atoms with Gasteiger partial charge in [0, 0.05) is 16.8 Å². The Morgan fingerprint density at radius 1 is 0.885 bits per heavy atom. The zero-order chi connectivity index (χ0) is 18.5. The van der Waals surface area contributed by atoms with Gasteiger partial charge in [0.25, 0.3) is 0 Å². The number of para-hydroxylation sites is 1. The highest BCUT2D eigenvalue weighted by Gasteiger charge is 2.17. The summed E-state index contributed by atoms with van der Waals surface area (Å²) in [5.74, 6) is 1.15. The van der Waals surface area contributed by atoms with Crippen LogP contribution in [-0.2, 0) is 0 Å². The van der Waals surface area contributed by atoms with Crippen molar-refractivity contribution in [1.29, 1.82) is 0 Å². The van der Waals surface area contributed by atoms with Crippen LogP contribution in [0.25, 0.3) is 0 Å². The first-order chi connectivity index (χ1) is 12.5. The predicted octanol–water partition coefficient (Wildman–Crippen LogP) is 4.26. The van der Waals surface area contributed by atoms with Crippen molar-refractivity contribution in [1.82, 2.24) is 20.3 Å². The maximum atomic E-state index is 6.28. The molecule has 2 aromatic carbocycles. The molecule has 0 amide bonds. The highest BCUT2D eigenvalue weighted by Crippen LogP contribution is 2.25. The molecule has 1 heterocycles. The summed E-state index contributed by atoms with van der Waals surface area (Å²) in [5, 5.41) is 7.32. The lowest BCUT2D eigenvalue weighted by atomic mass is 10.1. The van der Waals surface area contributed by atoms with Gasteiger partial charge in [-0.25, -0.2) is 0 Å². The number of rotatable bonds is 6. The van der Waals surface area contributed by atoms with Crippen molar-refractivity contribution in [3.8, 4) is 0 Å². The van der Waals surface area contributed by atoms with Gasteiger partial charge in [0.2, 0.25) is 11.9 Å². The Hall–Kier alpha value is -2.70. The molecule has 0 aliphatic heterocycles. The van der Waals surface area contributed by atoms with Crippen LogP contribution in [0.2, 0.25) is 5.02 Å². The van der Waals surface area contributed by atoms with Crippen molar-refractivity contribution < 1.29 is 0 Å². The minimum Gasteiger partial charge on any atom is -0.368 e. The zero-order valence-electron chi connectivity index (χ0n) is 14.6. The Labute approximate surface area is 157 Å². The molecule has 0 aliphatic carbocycles. The number of hydrogen-bond acceptors (Lipinski definition) is 6. The van der Waals surface area contributed by atoms with Crippen LogP contribution < -0.4 is 16.4 Å². The molecule has 0 saturated carbocycles. The SMILES string of the molecule is C[C@H](N[C@H](C)c1nc(N)nc(Nc2ccccc2)n1)c1ccccc1Cl. The van der Waals surface area contributed by atoms with E-state index in [0.717, 1.165) is 16.3 Å². The van der Waals surface area contributed by atoms with Gasteiger partial charge in [0.05, 0.1) is 6.04 Å². The van der Waals surface area contributed by atoms with Crippen molar-refractivity contribution in [3.63, 3.8) is 0 Å². The van der Waals surface area contributed by atoms with Crippen LogP contribution in [0.4, 0.5) is 17.6 Å². The summed E-state index contributed by atoms with van der Waals surface area (Å²) in [4.78, 5) is 12.9. The van der Waals surface area contributed by atoms with E-state index in [1.54, 1.807) is 0 Å². The molecule has 134 valence electrons. The summed E-state index contributed by atoms with van der Waals surface area (Å²) in [6, 6.07) is 17.3. The third-order valence-corrected chi connectivity index (χ3v) is 4.30. The molecule has 4 N–H and O–H groups in total. The molecule has 26 heavy (non-hydrogen) atoms. The van der Waals surface area contributed by atoms with Crippen molar-refractivity contribution in [2.45, 2.75) is 25.9 Å². The van der Waals surface area contributed by atoms with Gasteiger partial charge in [-0.15, -0.1) is 0 Å². The van der Waals surface area contributed by atoms with Crippen LogP contribution in [0.15, 0.2) is 54.6 Å². The molecule has 3 aromatic rings. The fourth-order valence-corrected chi connectivity index (χ4v) is 2.97. The first-order valence-corrected chi connectivity index (χ1v) is 8.74. The van der Waals surface area contributed by atoms with Crippen LogP contribution in [0.1, 0.15) is 37.3 Å². The molecular weight excluding hydrogens is 348 g/mol. The van der Waals surface area contributed by atoms with E-state index in [1.807, 2.05) is 68.4 Å². The first-order valence-electron chi connectivity index (χ1n) is 8.37. The summed E-state index contributed by atoms with van der Waals surface area (Å²) in [5.41, 5.74) is 7.77. The Kier molecular flexibility index (Phi) is 5.65. The van der Waals surface area contributed by atoms with Crippen LogP contribution in [0.3, 0.4) is 0 Å². The second kappa shape index (κ2) is 8.12. The van der Waals surface area contributed by atoms with E-state index >= 15 is 0 Å². The van der Waals surface area contributed by atoms with Gasteiger partial charge in [-0.3, -0.25) is 0 Å². The van der Waals surface area contributed by atoms with E-state index in [0.29, 0.717) is 11.8 Å². The monoisotopic (exact) mass is 368 g/mol. The number of benzene rings is 2. The van der Waals surface area contributed by atoms with Gasteiger partial charge in [0.15, 0.2) is 5.82 Å². The van der Waals surface area contributed by atoms with Gasteiger partial charge < -0.3 is 16.4 Å². The zero-order valence-corrected chi connectivity index (χ0v) is 15.4. The smallest absolute Gasteiger partial charge is 0.232 e. The van der Waals surface area contributed by atoms with Gasteiger partial charge in [-0.1, -0.05) is 48.0 Å². The van der Waals surface area contributed by atoms with E-state index in [-0.39, 0.29) is 18.0 Å². The van der Waals surface area contributed by atoms with Crippen LogP contribution in [0.5, 0.6) is 0 Å². The second-order valence-electron chi connectivity index (χ2n) is 6.00. The third kappa shape index (κ3) is 4.47. The number of nitrogens with zero attached hydrogens (tertiary/aromatic N) is 3. The van der Waals surface area contributed by atoms with Crippen molar-refractivity contribution >= 4 is 29.2 Å². The molecular formula is C19H21ClN6. The molecule has 2 atom stereocenters. The lowest BCUT2D eigenvalue weighted by molar-refractivity contribution is 0.476. The van der Waals surface area contributed by atoms with Gasteiger partial charge in [-0.05, 0) is 37.6 Å². The van der Waals surface area contributed by atoms with Crippen LogP contribution >= 0.6 is 11.6 Å². The van der Waals surface area contributed by atoms with Crippen LogP contribution in [0, 0.1) is 0 Å². The highest BCUT2D eigenvalue weighted by atomic mass is 35.5. The van der Waals surface area contributed by atoms with E-state index in [9.17, 15) is 0 Å². The molecule has 7 heteroatoms. The van der Waals surface area contributed by atoms with Crippen molar-refractivity contribution in [2.24, 2.45) is 0 Å². The Morgan fingerprint density at radius 3 is 2.31 bits per heavy atom. The molecule has 0 radical (unpaired) electrons. The van der Waals surface area contributed by atoms with Gasteiger partial charge >= 0.3 is 0 Å². The summed E-state index contributed by atoms with van der Waals surface area (Å²) in [7, 11) is 0. The van der Waals surface area contributed by atoms with Gasteiger partial charge in [-0.2, -0.15) is 15.0 Å². The van der Waals surface area contributed by atoms with E-state index < -0.39 is 0 Å². The minimum absolute atomic E-state index is 0.0298. The summed E-state index contributed by atoms with van der Waals surface area (Å²) in [6.45, 7) is 4.03. The normalized spacial score (nSPS) is 13.2. The molecule has 0 saturated heterocycles. The third-order valence-electron chi connectivity index (χ3n) is 3.96. The molecule has 6 nitrogen and oxygen atoms in total. The number of nitrogens with two attached hydrogens (primary N) is 1. The minimum atomic E-state index is -0.136. The average Bonchev–Trinajstić information content (AvgIpc) is 2.62. The number of nitrogens with one attached hydrogen (secondary N) is 2. The molecule has 3 rings (SSSR count). The maximum Gasteiger partial charge on any atom is 0.232 e. The number of nitrogen functional groups attached to an aromatic ring is 1. The van der Waals surface area contributed by atoms with E-state index in [4.69, 9.17) is 17.3 Å². The van der Waals surface area contributed by atoms with E-state index in [1.165, 1.54) is 0 Å². The molecule has 0 unspecified atom stereocenters. The van der Waals surface area contributed by atoms with Gasteiger partial charge in [0.1, 0.15) is 0 Å². The molecule has 1 aromatic heterocycles. The molecule has 0 bridgehead atoms. The first kappa shape index (κ1) is 18.1. The lowest BCUT2D eigenvalue weighted by Gasteiger charge is -2.20. The second-order valence-corrected chi connectivity index (χ2v) is 6.41. The van der Waals surface area contributed by atoms with Crippen LogP contribution in [-0.4, -0.2) is 15.0 Å². The molecule has 0 fully saturated rings. The number of aromatic nitrogens is 3. The number of halogens is 1. The van der Waals surface area contributed by atoms with Crippen molar-refractivity contribution in [3.05, 3.63) is 71.0 Å². The summed E-state index contributed by atoms with van der Waals surface area (Å²) in [6.07, 6.45) is 0. The molecule has 0 spiro atoms. The maximum absolute atomic E-state index is 6.28. The Balaban J connectivity index is 1.77. The fourth-order valence-electron chi connectivity index (χ4n) is 2.68. The molecule has 0 aliphatic rings. The largest absolute Gasteiger partial charge is 0.368 e. The predicted molar refractivity (Wildman–Crippen MR) is 105 cm³/mol. The quantitative estimate of drug-likeness (QED) is 0.602. The Bertz CT molecular complexity index is 871. The van der Waals surface area contributed by atoms with E-state index in [2.05, 4.69) is 25.6 Å². The van der Waals surface area contributed by atoms with Crippen molar-refractivity contribution in [2.75, 3.05) is 11.1 Å².